The van der Waals surface area contributed by atoms with Gasteiger partial charge in [0, 0.05) is 0 Å². The summed E-state index contributed by atoms with van der Waals surface area (Å²) < 4.78 is 40.8. The van der Waals surface area contributed by atoms with Crippen molar-refractivity contribution in [3.63, 3.8) is 0 Å². The van der Waals surface area contributed by atoms with Crippen LogP contribution in [0.3, 0.4) is 0 Å². The Morgan fingerprint density at radius 2 is 1.95 bits per heavy atom. The zero-order chi connectivity index (χ0) is 14.8. The van der Waals surface area contributed by atoms with Crippen molar-refractivity contribution in [2.45, 2.75) is 49.5 Å². The number of rotatable bonds is 4. The molecule has 20 heavy (non-hydrogen) atoms. The second-order valence-electron chi connectivity index (χ2n) is 5.51. The van der Waals surface area contributed by atoms with Gasteiger partial charge in [0.05, 0.1) is 17.0 Å². The van der Waals surface area contributed by atoms with Gasteiger partial charge in [-0.15, -0.1) is 0 Å². The van der Waals surface area contributed by atoms with Crippen LogP contribution in [0.4, 0.5) is 4.39 Å². The summed E-state index contributed by atoms with van der Waals surface area (Å²) in [5.41, 5.74) is -0.321. The lowest BCUT2D eigenvalue weighted by atomic mass is 9.83. The highest BCUT2D eigenvalue weighted by Gasteiger charge is 2.36. The van der Waals surface area contributed by atoms with Crippen molar-refractivity contribution in [1.29, 1.82) is 0 Å². The lowest BCUT2D eigenvalue weighted by molar-refractivity contribution is 0.142. The molecule has 0 aliphatic heterocycles. The summed E-state index contributed by atoms with van der Waals surface area (Å²) in [7, 11) is -3.83. The van der Waals surface area contributed by atoms with E-state index in [1.165, 1.54) is 12.1 Å². The first-order valence-electron chi connectivity index (χ1n) is 6.80. The molecule has 0 spiro atoms. The molecule has 0 radical (unpaired) electrons. The highest BCUT2D eigenvalue weighted by Crippen LogP contribution is 2.30. The molecule has 0 saturated heterocycles. The third kappa shape index (κ3) is 3.19. The van der Waals surface area contributed by atoms with Gasteiger partial charge in [-0.25, -0.2) is 17.5 Å². The molecule has 1 aliphatic rings. The Morgan fingerprint density at radius 3 is 2.55 bits per heavy atom. The highest BCUT2D eigenvalue weighted by molar-refractivity contribution is 7.89. The largest absolute Gasteiger partial charge is 0.394 e. The van der Waals surface area contributed by atoms with E-state index in [2.05, 4.69) is 4.72 Å². The highest BCUT2D eigenvalue weighted by atomic mass is 32.2. The number of hydrogen-bond acceptors (Lipinski definition) is 3. The van der Waals surface area contributed by atoms with Gasteiger partial charge >= 0.3 is 0 Å². The molecule has 0 heterocycles. The first-order chi connectivity index (χ1) is 9.38. The molecule has 1 aromatic carbocycles. The van der Waals surface area contributed by atoms with Crippen LogP contribution in [0.15, 0.2) is 23.1 Å². The van der Waals surface area contributed by atoms with E-state index in [1.807, 2.05) is 0 Å². The van der Waals surface area contributed by atoms with Crippen LogP contribution in [0.25, 0.3) is 0 Å². The summed E-state index contributed by atoms with van der Waals surface area (Å²) >= 11 is 0. The molecule has 0 atom stereocenters. The molecule has 0 bridgehead atoms. The Morgan fingerprint density at radius 1 is 1.30 bits per heavy atom. The summed E-state index contributed by atoms with van der Waals surface area (Å²) in [6, 6.07) is 3.69. The molecule has 6 heteroatoms. The predicted molar refractivity (Wildman–Crippen MR) is 74.4 cm³/mol. The fraction of sp³-hybridized carbons (Fsp3) is 0.571. The summed E-state index contributed by atoms with van der Waals surface area (Å²) in [5.74, 6) is -0.585. The minimum Gasteiger partial charge on any atom is -0.394 e. The number of hydrogen-bond donors (Lipinski definition) is 2. The van der Waals surface area contributed by atoms with Gasteiger partial charge in [-0.3, -0.25) is 0 Å². The molecule has 1 aromatic rings. The van der Waals surface area contributed by atoms with Gasteiger partial charge in [-0.2, -0.15) is 0 Å². The van der Waals surface area contributed by atoms with E-state index in [0.29, 0.717) is 18.4 Å². The fourth-order valence-electron chi connectivity index (χ4n) is 2.72. The molecule has 1 fully saturated rings. The molecule has 1 aliphatic carbocycles. The average Bonchev–Trinajstić information content (AvgIpc) is 2.42. The van der Waals surface area contributed by atoms with Crippen LogP contribution in [-0.2, 0) is 10.0 Å². The van der Waals surface area contributed by atoms with Crippen LogP contribution in [-0.4, -0.2) is 25.7 Å². The van der Waals surface area contributed by atoms with E-state index in [0.717, 1.165) is 25.3 Å². The molecule has 4 nitrogen and oxygen atoms in total. The van der Waals surface area contributed by atoms with E-state index in [-0.39, 0.29) is 11.5 Å². The van der Waals surface area contributed by atoms with Crippen molar-refractivity contribution in [1.82, 2.24) is 4.72 Å². The number of benzene rings is 1. The molecule has 2 rings (SSSR count). The monoisotopic (exact) mass is 301 g/mol. The predicted octanol–water partition coefficient (Wildman–Crippen LogP) is 2.11. The van der Waals surface area contributed by atoms with Crippen LogP contribution in [0.5, 0.6) is 0 Å². The minimum absolute atomic E-state index is 0.0594. The molecule has 1 saturated carbocycles. The van der Waals surface area contributed by atoms with Crippen molar-refractivity contribution >= 4 is 10.0 Å². The summed E-state index contributed by atoms with van der Waals surface area (Å²) in [6.07, 6.45) is 4.02. The van der Waals surface area contributed by atoms with Crippen molar-refractivity contribution in [3.8, 4) is 0 Å². The third-order valence-corrected chi connectivity index (χ3v) is 5.62. The van der Waals surface area contributed by atoms with Crippen molar-refractivity contribution in [3.05, 3.63) is 29.6 Å². The Balaban J connectivity index is 2.32. The number of nitrogens with one attached hydrogen (secondary N) is 1. The van der Waals surface area contributed by atoms with Gasteiger partial charge in [0.1, 0.15) is 5.82 Å². The van der Waals surface area contributed by atoms with Crippen molar-refractivity contribution in [2.75, 3.05) is 6.61 Å². The number of aliphatic hydroxyl groups is 1. The minimum atomic E-state index is -3.83. The lowest BCUT2D eigenvalue weighted by Gasteiger charge is -2.36. The van der Waals surface area contributed by atoms with E-state index < -0.39 is 21.4 Å². The van der Waals surface area contributed by atoms with Gasteiger partial charge in [-0.05, 0) is 37.5 Å². The summed E-state index contributed by atoms with van der Waals surface area (Å²) in [4.78, 5) is -0.0594. The maximum Gasteiger partial charge on any atom is 0.241 e. The molecule has 0 unspecified atom stereocenters. The Hall–Kier alpha value is -0.980. The lowest BCUT2D eigenvalue weighted by Crippen LogP contribution is -2.52. The smallest absolute Gasteiger partial charge is 0.241 e. The van der Waals surface area contributed by atoms with Crippen molar-refractivity contribution in [2.24, 2.45) is 0 Å². The van der Waals surface area contributed by atoms with Crippen LogP contribution in [0.2, 0.25) is 0 Å². The Labute approximate surface area is 119 Å². The number of aryl methyl sites for hydroxylation is 1. The maximum absolute atomic E-state index is 13.3. The average molecular weight is 301 g/mol. The fourth-order valence-corrected chi connectivity index (χ4v) is 4.43. The van der Waals surface area contributed by atoms with E-state index in [9.17, 15) is 17.9 Å². The molecule has 0 aromatic heterocycles. The Kier molecular flexibility index (Phi) is 4.46. The van der Waals surface area contributed by atoms with E-state index in [4.69, 9.17) is 0 Å². The van der Waals surface area contributed by atoms with E-state index >= 15 is 0 Å². The number of aliphatic hydroxyl groups excluding tert-OH is 1. The molecular weight excluding hydrogens is 281 g/mol. The second kappa shape index (κ2) is 5.79. The molecule has 0 amide bonds. The van der Waals surface area contributed by atoms with Crippen LogP contribution in [0, 0.1) is 12.7 Å². The van der Waals surface area contributed by atoms with Crippen LogP contribution in [0.1, 0.15) is 37.7 Å². The zero-order valence-corrected chi connectivity index (χ0v) is 12.3. The van der Waals surface area contributed by atoms with Crippen molar-refractivity contribution < 1.29 is 17.9 Å². The normalized spacial score (nSPS) is 18.9. The number of sulfonamides is 1. The third-order valence-electron chi connectivity index (χ3n) is 3.90. The summed E-state index contributed by atoms with van der Waals surface area (Å²) in [6.45, 7) is 1.39. The summed E-state index contributed by atoms with van der Waals surface area (Å²) in [5, 5.41) is 9.57. The standard InChI is InChI=1S/C14H20FNO3S/c1-11-5-6-12(15)9-13(11)20(18,19)16-14(10-17)7-3-2-4-8-14/h5-6,9,16-17H,2-4,7-8,10H2,1H3. The van der Waals surface area contributed by atoms with Gasteiger partial charge in [0.25, 0.3) is 0 Å². The zero-order valence-electron chi connectivity index (χ0n) is 11.5. The van der Waals surface area contributed by atoms with E-state index in [1.54, 1.807) is 6.92 Å². The maximum atomic E-state index is 13.3. The molecular formula is C14H20FNO3S. The van der Waals surface area contributed by atoms with Gasteiger partial charge < -0.3 is 5.11 Å². The van der Waals surface area contributed by atoms with Crippen LogP contribution >= 0.6 is 0 Å². The first-order valence-corrected chi connectivity index (χ1v) is 8.28. The number of halogens is 1. The van der Waals surface area contributed by atoms with Crippen LogP contribution < -0.4 is 4.72 Å². The SMILES string of the molecule is Cc1ccc(F)cc1S(=O)(=O)NC1(CO)CCCCC1. The van der Waals surface area contributed by atoms with Gasteiger partial charge in [0.15, 0.2) is 0 Å². The van der Waals surface area contributed by atoms with Gasteiger partial charge in [-0.1, -0.05) is 25.3 Å². The quantitative estimate of drug-likeness (QED) is 0.895. The molecule has 112 valence electrons. The second-order valence-corrected chi connectivity index (χ2v) is 7.17. The Bertz CT molecular complexity index is 580. The topological polar surface area (TPSA) is 66.4 Å². The van der Waals surface area contributed by atoms with Gasteiger partial charge in [0.2, 0.25) is 10.0 Å². The molecule has 2 N–H and O–H groups in total. The first kappa shape index (κ1) is 15.4.